The Labute approximate surface area is 100 Å². The van der Waals surface area contributed by atoms with E-state index in [0.717, 1.165) is 25.0 Å². The highest BCUT2D eigenvalue weighted by Gasteiger charge is 2.14. The summed E-state index contributed by atoms with van der Waals surface area (Å²) in [6, 6.07) is 0.401. The number of carbonyl (C=O) groups is 1. The van der Waals surface area contributed by atoms with Crippen molar-refractivity contribution in [3.63, 3.8) is 0 Å². The standard InChI is InChI=1S/C14H25NO/c1-11(2)7-9-14(10-8-13(5)16)15(6)12(3)4/h14H,1,3,7-10H2,2,4-6H3. The van der Waals surface area contributed by atoms with Gasteiger partial charge in [-0.25, -0.2) is 0 Å². The van der Waals surface area contributed by atoms with Gasteiger partial charge in [-0.15, -0.1) is 6.58 Å². The summed E-state index contributed by atoms with van der Waals surface area (Å²) in [7, 11) is 2.05. The molecule has 0 spiro atoms. The van der Waals surface area contributed by atoms with Gasteiger partial charge < -0.3 is 9.69 Å². The summed E-state index contributed by atoms with van der Waals surface area (Å²) in [6.07, 6.45) is 3.62. The fourth-order valence-corrected chi connectivity index (χ4v) is 1.63. The average Bonchev–Trinajstić information content (AvgIpc) is 2.16. The molecule has 92 valence electrons. The fraction of sp³-hybridized carbons (Fsp3) is 0.643. The number of Topliss-reactive ketones (excluding diaryl/α,β-unsaturated/α-hetero) is 1. The van der Waals surface area contributed by atoms with Gasteiger partial charge in [0.15, 0.2) is 0 Å². The first-order valence-electron chi connectivity index (χ1n) is 5.86. The predicted molar refractivity (Wildman–Crippen MR) is 70.3 cm³/mol. The Bertz CT molecular complexity index is 250. The molecule has 0 aromatic rings. The van der Waals surface area contributed by atoms with E-state index in [1.165, 1.54) is 5.57 Å². The molecule has 2 nitrogen and oxygen atoms in total. The van der Waals surface area contributed by atoms with Gasteiger partial charge >= 0.3 is 0 Å². The molecule has 0 aliphatic rings. The molecule has 0 saturated heterocycles. The lowest BCUT2D eigenvalue weighted by molar-refractivity contribution is -0.117. The third-order valence-corrected chi connectivity index (χ3v) is 2.88. The Morgan fingerprint density at radius 3 is 2.00 bits per heavy atom. The van der Waals surface area contributed by atoms with Gasteiger partial charge in [-0.1, -0.05) is 12.2 Å². The molecular weight excluding hydrogens is 198 g/mol. The Morgan fingerprint density at radius 1 is 1.12 bits per heavy atom. The molecule has 0 N–H and O–H groups in total. The van der Waals surface area contributed by atoms with Crippen LogP contribution in [0.2, 0.25) is 0 Å². The van der Waals surface area contributed by atoms with Gasteiger partial charge in [0.25, 0.3) is 0 Å². The lowest BCUT2D eigenvalue weighted by Gasteiger charge is -2.30. The second-order valence-electron chi connectivity index (χ2n) is 4.74. The minimum absolute atomic E-state index is 0.260. The van der Waals surface area contributed by atoms with Gasteiger partial charge in [0.05, 0.1) is 0 Å². The third-order valence-electron chi connectivity index (χ3n) is 2.88. The normalized spacial score (nSPS) is 12.0. The fourth-order valence-electron chi connectivity index (χ4n) is 1.63. The molecule has 16 heavy (non-hydrogen) atoms. The average molecular weight is 223 g/mol. The van der Waals surface area contributed by atoms with Gasteiger partial charge in [-0.2, -0.15) is 0 Å². The second-order valence-corrected chi connectivity index (χ2v) is 4.74. The van der Waals surface area contributed by atoms with E-state index in [0.29, 0.717) is 12.5 Å². The minimum atomic E-state index is 0.260. The van der Waals surface area contributed by atoms with Crippen molar-refractivity contribution in [1.29, 1.82) is 0 Å². The SMILES string of the molecule is C=C(C)CCC(CCC(C)=O)N(C)C(=C)C. The van der Waals surface area contributed by atoms with E-state index in [1.54, 1.807) is 6.92 Å². The number of hydrogen-bond donors (Lipinski definition) is 0. The van der Waals surface area contributed by atoms with Crippen molar-refractivity contribution < 1.29 is 4.79 Å². The summed E-state index contributed by atoms with van der Waals surface area (Å²) in [5.41, 5.74) is 2.25. The lowest BCUT2D eigenvalue weighted by Crippen LogP contribution is -2.30. The van der Waals surface area contributed by atoms with Crippen LogP contribution in [0.3, 0.4) is 0 Å². The van der Waals surface area contributed by atoms with Crippen molar-refractivity contribution in [2.75, 3.05) is 7.05 Å². The van der Waals surface area contributed by atoms with Crippen LogP contribution < -0.4 is 0 Å². The lowest BCUT2D eigenvalue weighted by atomic mass is 10.0. The minimum Gasteiger partial charge on any atom is -0.376 e. The molecule has 0 bridgehead atoms. The topological polar surface area (TPSA) is 20.3 Å². The van der Waals surface area contributed by atoms with E-state index in [-0.39, 0.29) is 5.78 Å². The molecule has 0 radical (unpaired) electrons. The van der Waals surface area contributed by atoms with Crippen LogP contribution in [-0.4, -0.2) is 23.8 Å². The van der Waals surface area contributed by atoms with E-state index in [1.807, 2.05) is 20.9 Å². The monoisotopic (exact) mass is 223 g/mol. The summed E-state index contributed by atoms with van der Waals surface area (Å²) in [5, 5.41) is 0. The first kappa shape index (κ1) is 14.9. The largest absolute Gasteiger partial charge is 0.376 e. The molecule has 0 aromatic heterocycles. The molecule has 0 rings (SSSR count). The van der Waals surface area contributed by atoms with Crippen LogP contribution in [0.15, 0.2) is 24.4 Å². The molecule has 0 aliphatic carbocycles. The molecule has 2 heteroatoms. The van der Waals surface area contributed by atoms with Gasteiger partial charge in [0.2, 0.25) is 0 Å². The van der Waals surface area contributed by atoms with E-state index >= 15 is 0 Å². The second kappa shape index (κ2) is 7.26. The van der Waals surface area contributed by atoms with Crippen LogP contribution in [0.25, 0.3) is 0 Å². The van der Waals surface area contributed by atoms with Gasteiger partial charge in [0, 0.05) is 25.2 Å². The Morgan fingerprint density at radius 2 is 1.62 bits per heavy atom. The summed E-state index contributed by atoms with van der Waals surface area (Å²) in [4.78, 5) is 13.2. The van der Waals surface area contributed by atoms with Crippen LogP contribution in [0.4, 0.5) is 0 Å². The molecule has 1 unspecified atom stereocenters. The molecule has 0 aromatic carbocycles. The number of carbonyl (C=O) groups excluding carboxylic acids is 1. The number of ketones is 1. The number of hydrogen-bond acceptors (Lipinski definition) is 2. The van der Waals surface area contributed by atoms with Gasteiger partial charge in [0.1, 0.15) is 5.78 Å². The first-order valence-corrected chi connectivity index (χ1v) is 5.86. The van der Waals surface area contributed by atoms with Crippen LogP contribution in [-0.2, 0) is 4.79 Å². The summed E-state index contributed by atoms with van der Waals surface area (Å²) >= 11 is 0. The van der Waals surface area contributed by atoms with E-state index in [4.69, 9.17) is 0 Å². The van der Waals surface area contributed by atoms with E-state index in [9.17, 15) is 4.79 Å². The highest BCUT2D eigenvalue weighted by Crippen LogP contribution is 2.17. The highest BCUT2D eigenvalue weighted by molar-refractivity contribution is 5.75. The first-order chi connectivity index (χ1) is 7.34. The molecule has 0 heterocycles. The quantitative estimate of drug-likeness (QED) is 0.587. The summed E-state index contributed by atoms with van der Waals surface area (Å²) in [6.45, 7) is 13.6. The van der Waals surface area contributed by atoms with Gasteiger partial charge in [-0.3, -0.25) is 0 Å². The van der Waals surface area contributed by atoms with Crippen molar-refractivity contribution in [3.8, 4) is 0 Å². The Balaban J connectivity index is 4.31. The highest BCUT2D eigenvalue weighted by atomic mass is 16.1. The Kier molecular flexibility index (Phi) is 6.78. The van der Waals surface area contributed by atoms with Crippen LogP contribution in [0.1, 0.15) is 46.5 Å². The van der Waals surface area contributed by atoms with Crippen LogP contribution >= 0.6 is 0 Å². The maximum Gasteiger partial charge on any atom is 0.129 e. The van der Waals surface area contributed by atoms with Crippen molar-refractivity contribution in [2.45, 2.75) is 52.5 Å². The molecule has 0 amide bonds. The zero-order valence-electron chi connectivity index (χ0n) is 11.2. The maximum atomic E-state index is 11.0. The molecule has 0 saturated carbocycles. The number of nitrogens with zero attached hydrogens (tertiary/aromatic N) is 1. The zero-order chi connectivity index (χ0) is 12.7. The van der Waals surface area contributed by atoms with Gasteiger partial charge in [-0.05, 0) is 40.0 Å². The van der Waals surface area contributed by atoms with E-state index in [2.05, 4.69) is 18.1 Å². The predicted octanol–water partition coefficient (Wildman–Crippen LogP) is 3.55. The summed E-state index contributed by atoms with van der Waals surface area (Å²) in [5.74, 6) is 0.260. The van der Waals surface area contributed by atoms with Crippen molar-refractivity contribution in [1.82, 2.24) is 4.90 Å². The smallest absolute Gasteiger partial charge is 0.129 e. The van der Waals surface area contributed by atoms with Crippen molar-refractivity contribution in [2.24, 2.45) is 0 Å². The van der Waals surface area contributed by atoms with Crippen molar-refractivity contribution in [3.05, 3.63) is 24.4 Å². The number of rotatable bonds is 8. The van der Waals surface area contributed by atoms with Crippen LogP contribution in [0, 0.1) is 0 Å². The molecule has 0 aliphatic heterocycles. The van der Waals surface area contributed by atoms with E-state index < -0.39 is 0 Å². The third kappa shape index (κ3) is 6.44. The molecular formula is C14H25NO. The Hall–Kier alpha value is -1.05. The molecule has 0 fully saturated rings. The maximum absolute atomic E-state index is 11.0. The zero-order valence-corrected chi connectivity index (χ0v) is 11.2. The molecule has 1 atom stereocenters. The number of allylic oxidation sites excluding steroid dienone is 2. The van der Waals surface area contributed by atoms with Crippen LogP contribution in [0.5, 0.6) is 0 Å². The summed E-state index contributed by atoms with van der Waals surface area (Å²) < 4.78 is 0. The van der Waals surface area contributed by atoms with Crippen molar-refractivity contribution >= 4 is 5.78 Å².